The highest BCUT2D eigenvalue weighted by Crippen LogP contribution is 2.28. The SMILES string of the molecule is COc1cccc(N(C)c2ccc(Oc3nc(O)c4c(n3)=CN(C)CC=4)cc2)c1. The van der Waals surface area contributed by atoms with E-state index in [1.165, 1.54) is 0 Å². The van der Waals surface area contributed by atoms with E-state index >= 15 is 0 Å². The van der Waals surface area contributed by atoms with Crippen molar-refractivity contribution < 1.29 is 14.6 Å². The molecule has 29 heavy (non-hydrogen) atoms. The summed E-state index contributed by atoms with van der Waals surface area (Å²) in [6.45, 7) is 0.701. The molecule has 0 fully saturated rings. The molecular formula is C22H22N4O3. The standard InChI is InChI=1S/C22H22N4O3/c1-25-12-11-19-20(14-25)23-22(24-21(19)27)29-17-9-7-15(8-10-17)26(2)16-5-4-6-18(13-16)28-3/h4-11,13-14H,12H2,1-3H3,(H,23,24,27). The lowest BCUT2D eigenvalue weighted by Gasteiger charge is -2.20. The second kappa shape index (κ2) is 7.71. The highest BCUT2D eigenvalue weighted by atomic mass is 16.5. The topological polar surface area (TPSA) is 71.0 Å². The molecule has 0 aliphatic carbocycles. The fraction of sp³-hybridized carbons (Fsp3) is 0.182. The van der Waals surface area contributed by atoms with Gasteiger partial charge in [0, 0.05) is 44.3 Å². The third-order valence-electron chi connectivity index (χ3n) is 4.73. The summed E-state index contributed by atoms with van der Waals surface area (Å²) in [7, 11) is 5.58. The Bertz CT molecular complexity index is 1150. The molecule has 0 saturated heterocycles. The number of rotatable bonds is 5. The molecule has 3 aromatic rings. The van der Waals surface area contributed by atoms with Crippen molar-refractivity contribution in [2.45, 2.75) is 0 Å². The number of hydrogen-bond acceptors (Lipinski definition) is 7. The van der Waals surface area contributed by atoms with Gasteiger partial charge in [0.2, 0.25) is 5.88 Å². The molecule has 0 spiro atoms. The molecule has 2 aromatic carbocycles. The Hall–Kier alpha value is -3.74. The molecule has 0 amide bonds. The van der Waals surface area contributed by atoms with E-state index in [1.54, 1.807) is 7.11 Å². The average molecular weight is 390 g/mol. The number of ether oxygens (including phenoxy) is 2. The highest BCUT2D eigenvalue weighted by molar-refractivity contribution is 5.64. The lowest BCUT2D eigenvalue weighted by atomic mass is 10.2. The van der Waals surface area contributed by atoms with Crippen LogP contribution in [0.2, 0.25) is 0 Å². The molecule has 0 unspecified atom stereocenters. The van der Waals surface area contributed by atoms with Gasteiger partial charge in [-0.1, -0.05) is 12.1 Å². The quantitative estimate of drug-likeness (QED) is 0.716. The van der Waals surface area contributed by atoms with Crippen molar-refractivity contribution in [3.63, 3.8) is 0 Å². The molecule has 4 rings (SSSR count). The molecule has 7 heteroatoms. The van der Waals surface area contributed by atoms with Gasteiger partial charge in [0.15, 0.2) is 0 Å². The van der Waals surface area contributed by atoms with Crippen LogP contribution in [0.4, 0.5) is 11.4 Å². The number of fused-ring (bicyclic) bond motifs is 1. The Morgan fingerprint density at radius 1 is 1.03 bits per heavy atom. The summed E-state index contributed by atoms with van der Waals surface area (Å²) >= 11 is 0. The number of hydrogen-bond donors (Lipinski definition) is 1. The van der Waals surface area contributed by atoms with Crippen molar-refractivity contribution in [1.82, 2.24) is 14.9 Å². The first-order valence-corrected chi connectivity index (χ1v) is 9.18. The lowest BCUT2D eigenvalue weighted by molar-refractivity contribution is 0.398. The first-order valence-electron chi connectivity index (χ1n) is 9.18. The molecule has 0 atom stereocenters. The average Bonchev–Trinajstić information content (AvgIpc) is 2.73. The summed E-state index contributed by atoms with van der Waals surface area (Å²) in [6.07, 6.45) is 3.74. The Kier molecular flexibility index (Phi) is 4.95. The first-order chi connectivity index (χ1) is 14.0. The third kappa shape index (κ3) is 3.94. The summed E-state index contributed by atoms with van der Waals surface area (Å²) in [5.41, 5.74) is 2.00. The maximum Gasteiger partial charge on any atom is 0.325 e. The van der Waals surface area contributed by atoms with Crippen LogP contribution in [0.15, 0.2) is 48.5 Å². The van der Waals surface area contributed by atoms with Gasteiger partial charge in [-0.15, -0.1) is 0 Å². The molecule has 0 saturated carbocycles. The van der Waals surface area contributed by atoms with Crippen LogP contribution in [0.5, 0.6) is 23.4 Å². The maximum absolute atomic E-state index is 10.2. The predicted octanol–water partition coefficient (Wildman–Crippen LogP) is 2.21. The Balaban J connectivity index is 1.55. The summed E-state index contributed by atoms with van der Waals surface area (Å²) in [5, 5.41) is 11.4. The summed E-state index contributed by atoms with van der Waals surface area (Å²) in [6, 6.07) is 15.5. The van der Waals surface area contributed by atoms with Crippen LogP contribution in [0.25, 0.3) is 12.3 Å². The largest absolute Gasteiger partial charge is 0.497 e. The zero-order valence-corrected chi connectivity index (χ0v) is 16.5. The van der Waals surface area contributed by atoms with Crippen molar-refractivity contribution in [3.05, 3.63) is 59.1 Å². The smallest absolute Gasteiger partial charge is 0.325 e. The van der Waals surface area contributed by atoms with Crippen molar-refractivity contribution in [1.29, 1.82) is 0 Å². The van der Waals surface area contributed by atoms with Crippen LogP contribution in [0.1, 0.15) is 0 Å². The van der Waals surface area contributed by atoms with Crippen LogP contribution in [0, 0.1) is 0 Å². The Labute approximate surface area is 168 Å². The van der Waals surface area contributed by atoms with Crippen molar-refractivity contribution >= 4 is 23.7 Å². The van der Waals surface area contributed by atoms with Gasteiger partial charge in [-0.05, 0) is 36.4 Å². The van der Waals surface area contributed by atoms with Crippen molar-refractivity contribution in [2.75, 3.05) is 32.6 Å². The fourth-order valence-electron chi connectivity index (χ4n) is 3.10. The van der Waals surface area contributed by atoms with Gasteiger partial charge in [-0.2, -0.15) is 9.97 Å². The zero-order valence-electron chi connectivity index (χ0n) is 16.5. The Morgan fingerprint density at radius 2 is 1.83 bits per heavy atom. The van der Waals surface area contributed by atoms with Crippen LogP contribution in [-0.2, 0) is 0 Å². The first kappa shape index (κ1) is 18.6. The number of anilines is 2. The molecule has 7 nitrogen and oxygen atoms in total. The monoisotopic (exact) mass is 390 g/mol. The normalized spacial score (nSPS) is 12.4. The summed E-state index contributed by atoms with van der Waals surface area (Å²) in [4.78, 5) is 12.5. The minimum Gasteiger partial charge on any atom is -0.497 e. The van der Waals surface area contributed by atoms with E-state index in [4.69, 9.17) is 9.47 Å². The number of aromatic hydroxyl groups is 1. The van der Waals surface area contributed by atoms with Gasteiger partial charge in [-0.25, -0.2) is 0 Å². The summed E-state index contributed by atoms with van der Waals surface area (Å²) < 4.78 is 11.1. The molecular weight excluding hydrogens is 368 g/mol. The summed E-state index contributed by atoms with van der Waals surface area (Å²) in [5.74, 6) is 1.31. The number of aromatic nitrogens is 2. The van der Waals surface area contributed by atoms with Gasteiger partial charge >= 0.3 is 6.01 Å². The number of nitrogens with zero attached hydrogens (tertiary/aromatic N) is 4. The van der Waals surface area contributed by atoms with E-state index in [2.05, 4.69) is 9.97 Å². The van der Waals surface area contributed by atoms with Crippen LogP contribution >= 0.6 is 0 Å². The van der Waals surface area contributed by atoms with E-state index in [-0.39, 0.29) is 11.9 Å². The minimum absolute atomic E-state index is 0.0799. The molecule has 148 valence electrons. The molecule has 2 heterocycles. The van der Waals surface area contributed by atoms with Crippen molar-refractivity contribution in [3.8, 4) is 23.4 Å². The number of benzene rings is 2. The predicted molar refractivity (Wildman–Crippen MR) is 112 cm³/mol. The van der Waals surface area contributed by atoms with Crippen LogP contribution < -0.4 is 24.9 Å². The van der Waals surface area contributed by atoms with Gasteiger partial charge in [0.25, 0.3) is 0 Å². The molecule has 1 aromatic heterocycles. The van der Waals surface area contributed by atoms with Crippen molar-refractivity contribution in [2.24, 2.45) is 0 Å². The van der Waals surface area contributed by atoms with Gasteiger partial charge in [0.1, 0.15) is 11.5 Å². The second-order valence-corrected chi connectivity index (χ2v) is 6.76. The van der Waals surface area contributed by atoms with Crippen LogP contribution in [-0.4, -0.2) is 47.7 Å². The van der Waals surface area contributed by atoms with Gasteiger partial charge < -0.3 is 24.4 Å². The zero-order chi connectivity index (χ0) is 20.4. The molecule has 1 N–H and O–H groups in total. The third-order valence-corrected chi connectivity index (χ3v) is 4.73. The lowest BCUT2D eigenvalue weighted by Crippen LogP contribution is -2.37. The molecule has 1 aliphatic rings. The van der Waals surface area contributed by atoms with E-state index in [9.17, 15) is 5.11 Å². The molecule has 0 bridgehead atoms. The van der Waals surface area contributed by atoms with E-state index in [1.807, 2.05) is 84.7 Å². The van der Waals surface area contributed by atoms with Gasteiger partial charge in [0.05, 0.1) is 17.7 Å². The van der Waals surface area contributed by atoms with Crippen LogP contribution in [0.3, 0.4) is 0 Å². The molecule has 1 aliphatic heterocycles. The highest BCUT2D eigenvalue weighted by Gasteiger charge is 2.10. The fourth-order valence-corrected chi connectivity index (χ4v) is 3.10. The van der Waals surface area contributed by atoms with E-state index in [0.29, 0.717) is 22.9 Å². The maximum atomic E-state index is 10.2. The number of methoxy groups -OCH3 is 1. The second-order valence-electron chi connectivity index (χ2n) is 6.76. The minimum atomic E-state index is -0.0799. The molecule has 0 radical (unpaired) electrons. The van der Waals surface area contributed by atoms with E-state index < -0.39 is 0 Å². The van der Waals surface area contributed by atoms with Gasteiger partial charge in [-0.3, -0.25) is 0 Å². The Morgan fingerprint density at radius 3 is 2.59 bits per heavy atom. The van der Waals surface area contributed by atoms with E-state index in [0.717, 1.165) is 17.1 Å².